The van der Waals surface area contributed by atoms with E-state index in [1.54, 1.807) is 20.8 Å². The van der Waals surface area contributed by atoms with Gasteiger partial charge in [-0.25, -0.2) is 9.59 Å². The van der Waals surface area contributed by atoms with Crippen molar-refractivity contribution in [2.75, 3.05) is 12.8 Å². The lowest BCUT2D eigenvalue weighted by Crippen LogP contribution is -2.44. The summed E-state index contributed by atoms with van der Waals surface area (Å²) in [5.74, 6) is -0.635. The van der Waals surface area contributed by atoms with E-state index in [4.69, 9.17) is 13.7 Å². The molecule has 0 spiro atoms. The van der Waals surface area contributed by atoms with Crippen LogP contribution in [0.25, 0.3) is 0 Å². The number of hydrogen-bond donors (Lipinski definition) is 0. The molecule has 1 amide bonds. The summed E-state index contributed by atoms with van der Waals surface area (Å²) in [5.41, 5.74) is 0.0438. The molecule has 1 fully saturated rings. The number of likely N-dealkylation sites (tertiary alicyclic amines) is 1. The molecule has 1 unspecified atom stereocenters. The van der Waals surface area contributed by atoms with Gasteiger partial charge in [0.25, 0.3) is 10.1 Å². The predicted molar refractivity (Wildman–Crippen MR) is 97.3 cm³/mol. The average Bonchev–Trinajstić information content (AvgIpc) is 2.94. The number of nitrogens with zero attached hydrogens (tertiary/aromatic N) is 1. The molecule has 8 nitrogen and oxygen atoms in total. The van der Waals surface area contributed by atoms with Crippen molar-refractivity contribution in [1.82, 2.24) is 4.90 Å². The standard InChI is InChI=1S/C18H25NO7S/c1-18(2,3)25-17(21)19-11-14(26-27(4,22)23)10-15(19)16(20)24-12-13-8-6-5-7-9-13/h5-9,14-15H,10-12H2,1-4H3/t14?,15-/m0/s1. The first-order valence-electron chi connectivity index (χ1n) is 8.53. The van der Waals surface area contributed by atoms with Crippen LogP contribution in [0.5, 0.6) is 0 Å². The van der Waals surface area contributed by atoms with Crippen molar-refractivity contribution in [3.05, 3.63) is 35.9 Å². The smallest absolute Gasteiger partial charge is 0.411 e. The summed E-state index contributed by atoms with van der Waals surface area (Å²) in [5, 5.41) is 0. The first-order chi connectivity index (χ1) is 12.4. The molecule has 0 radical (unpaired) electrons. The van der Waals surface area contributed by atoms with E-state index in [1.165, 1.54) is 0 Å². The minimum absolute atomic E-state index is 0.0138. The molecule has 0 aliphatic carbocycles. The highest BCUT2D eigenvalue weighted by atomic mass is 32.2. The zero-order chi connectivity index (χ0) is 20.2. The quantitative estimate of drug-likeness (QED) is 0.552. The van der Waals surface area contributed by atoms with Gasteiger partial charge in [-0.15, -0.1) is 0 Å². The van der Waals surface area contributed by atoms with Crippen LogP contribution in [-0.2, 0) is 35.2 Å². The zero-order valence-corrected chi connectivity index (χ0v) is 16.7. The van der Waals surface area contributed by atoms with E-state index >= 15 is 0 Å². The molecule has 1 aliphatic rings. The van der Waals surface area contributed by atoms with Gasteiger partial charge in [0.15, 0.2) is 0 Å². The second-order valence-electron chi connectivity index (χ2n) is 7.40. The van der Waals surface area contributed by atoms with E-state index in [1.807, 2.05) is 30.3 Å². The summed E-state index contributed by atoms with van der Waals surface area (Å²) in [4.78, 5) is 26.1. The van der Waals surface area contributed by atoms with Crippen molar-refractivity contribution >= 4 is 22.2 Å². The van der Waals surface area contributed by atoms with Crippen LogP contribution in [0, 0.1) is 0 Å². The van der Waals surface area contributed by atoms with Crippen molar-refractivity contribution in [3.63, 3.8) is 0 Å². The number of ether oxygens (including phenoxy) is 2. The SMILES string of the molecule is CC(C)(C)OC(=O)N1CC(OS(C)(=O)=O)C[C@H]1C(=O)OCc1ccccc1. The number of rotatable bonds is 5. The van der Waals surface area contributed by atoms with E-state index in [0.29, 0.717) is 0 Å². The third kappa shape index (κ3) is 6.84. The van der Waals surface area contributed by atoms with Gasteiger partial charge in [0.2, 0.25) is 0 Å². The summed E-state index contributed by atoms with van der Waals surface area (Å²) in [6, 6.07) is 8.13. The normalized spacial score (nSPS) is 20.4. The van der Waals surface area contributed by atoms with Crippen LogP contribution in [0.4, 0.5) is 4.79 Å². The van der Waals surface area contributed by atoms with Crippen molar-refractivity contribution in [2.45, 2.75) is 51.5 Å². The molecule has 1 saturated heterocycles. The van der Waals surface area contributed by atoms with E-state index in [9.17, 15) is 18.0 Å². The fraction of sp³-hybridized carbons (Fsp3) is 0.556. The van der Waals surface area contributed by atoms with Gasteiger partial charge in [0.1, 0.15) is 18.2 Å². The molecule has 0 aromatic heterocycles. The number of amides is 1. The fourth-order valence-electron chi connectivity index (χ4n) is 2.69. The lowest BCUT2D eigenvalue weighted by molar-refractivity contribution is -0.150. The van der Waals surface area contributed by atoms with Crippen molar-refractivity contribution < 1.29 is 31.7 Å². The van der Waals surface area contributed by atoms with E-state index < -0.39 is 39.9 Å². The molecule has 1 aliphatic heterocycles. The van der Waals surface area contributed by atoms with E-state index in [0.717, 1.165) is 16.7 Å². The van der Waals surface area contributed by atoms with Crippen LogP contribution in [0.1, 0.15) is 32.8 Å². The molecular weight excluding hydrogens is 374 g/mol. The van der Waals surface area contributed by atoms with Gasteiger partial charge in [-0.2, -0.15) is 8.42 Å². The Balaban J connectivity index is 2.10. The number of carbonyl (C=O) groups is 2. The van der Waals surface area contributed by atoms with Crippen LogP contribution in [-0.4, -0.2) is 55.9 Å². The maximum atomic E-state index is 12.5. The molecule has 2 rings (SSSR count). The Hall–Kier alpha value is -2.13. The van der Waals surface area contributed by atoms with Crippen molar-refractivity contribution in [2.24, 2.45) is 0 Å². The van der Waals surface area contributed by atoms with Crippen LogP contribution >= 0.6 is 0 Å². The maximum Gasteiger partial charge on any atom is 0.411 e. The highest BCUT2D eigenvalue weighted by Crippen LogP contribution is 2.25. The monoisotopic (exact) mass is 399 g/mol. The van der Waals surface area contributed by atoms with Gasteiger partial charge in [-0.3, -0.25) is 9.08 Å². The Kier molecular flexibility index (Phi) is 6.48. The molecule has 150 valence electrons. The van der Waals surface area contributed by atoms with Crippen LogP contribution in [0.15, 0.2) is 30.3 Å². The summed E-state index contributed by atoms with van der Waals surface area (Å²) >= 11 is 0. The van der Waals surface area contributed by atoms with Gasteiger partial charge in [0.05, 0.1) is 18.9 Å². The minimum Gasteiger partial charge on any atom is -0.459 e. The summed E-state index contributed by atoms with van der Waals surface area (Å²) in [7, 11) is -3.73. The molecule has 1 aromatic rings. The van der Waals surface area contributed by atoms with E-state index in [-0.39, 0.29) is 19.6 Å². The van der Waals surface area contributed by atoms with Gasteiger partial charge in [-0.05, 0) is 26.3 Å². The van der Waals surface area contributed by atoms with Crippen LogP contribution in [0.3, 0.4) is 0 Å². The first kappa shape index (κ1) is 21.2. The number of hydrogen-bond acceptors (Lipinski definition) is 7. The number of esters is 1. The van der Waals surface area contributed by atoms with Gasteiger partial charge < -0.3 is 9.47 Å². The lowest BCUT2D eigenvalue weighted by atomic mass is 10.2. The number of benzene rings is 1. The topological polar surface area (TPSA) is 99.2 Å². The predicted octanol–water partition coefficient (Wildman–Crippen LogP) is 2.08. The molecule has 1 aromatic carbocycles. The van der Waals surface area contributed by atoms with E-state index in [2.05, 4.69) is 0 Å². The Morgan fingerprint density at radius 2 is 1.81 bits per heavy atom. The summed E-state index contributed by atoms with van der Waals surface area (Å²) < 4.78 is 38.4. The molecule has 0 N–H and O–H groups in total. The molecule has 0 saturated carbocycles. The molecule has 27 heavy (non-hydrogen) atoms. The summed E-state index contributed by atoms with van der Waals surface area (Å²) in [6.45, 7) is 5.08. The first-order valence-corrected chi connectivity index (χ1v) is 10.3. The second kappa shape index (κ2) is 8.26. The Morgan fingerprint density at radius 1 is 1.19 bits per heavy atom. The number of carbonyl (C=O) groups excluding carboxylic acids is 2. The maximum absolute atomic E-state index is 12.5. The van der Waals surface area contributed by atoms with Crippen molar-refractivity contribution in [3.8, 4) is 0 Å². The minimum atomic E-state index is -3.73. The Bertz CT molecular complexity index is 771. The third-order valence-electron chi connectivity index (χ3n) is 3.70. The zero-order valence-electron chi connectivity index (χ0n) is 15.9. The summed E-state index contributed by atoms with van der Waals surface area (Å²) in [6.07, 6.45) is -0.614. The van der Waals surface area contributed by atoms with Gasteiger partial charge >= 0.3 is 12.1 Å². The molecule has 9 heteroatoms. The highest BCUT2D eigenvalue weighted by molar-refractivity contribution is 7.86. The van der Waals surface area contributed by atoms with Gasteiger partial charge in [0, 0.05) is 6.42 Å². The molecular formula is C18H25NO7S. The third-order valence-corrected chi connectivity index (χ3v) is 4.32. The molecule has 1 heterocycles. The largest absolute Gasteiger partial charge is 0.459 e. The van der Waals surface area contributed by atoms with Crippen LogP contribution in [0.2, 0.25) is 0 Å². The fourth-order valence-corrected chi connectivity index (χ4v) is 3.32. The van der Waals surface area contributed by atoms with Crippen molar-refractivity contribution in [1.29, 1.82) is 0 Å². The lowest BCUT2D eigenvalue weighted by Gasteiger charge is -2.27. The average molecular weight is 399 g/mol. The van der Waals surface area contributed by atoms with Crippen LogP contribution < -0.4 is 0 Å². The second-order valence-corrected chi connectivity index (χ2v) is 9.00. The highest BCUT2D eigenvalue weighted by Gasteiger charge is 2.44. The molecule has 0 bridgehead atoms. The molecule has 2 atom stereocenters. The Morgan fingerprint density at radius 3 is 2.37 bits per heavy atom. The van der Waals surface area contributed by atoms with Gasteiger partial charge in [-0.1, -0.05) is 30.3 Å². The Labute approximate surface area is 159 Å².